The van der Waals surface area contributed by atoms with Gasteiger partial charge < -0.3 is 0 Å². The molecule has 2 aliphatic carbocycles. The van der Waals surface area contributed by atoms with Gasteiger partial charge in [0.15, 0.2) is 0 Å². The summed E-state index contributed by atoms with van der Waals surface area (Å²) in [6, 6.07) is 0. The number of rotatable bonds is 1. The molecule has 0 heterocycles. The first-order chi connectivity index (χ1) is 5.74. The van der Waals surface area contributed by atoms with Gasteiger partial charge in [-0.2, -0.15) is 0 Å². The van der Waals surface area contributed by atoms with Crippen LogP contribution in [0, 0.1) is 23.7 Å². The molecular formula is C11H18O. The third-order valence-corrected chi connectivity index (χ3v) is 3.98. The molecule has 0 N–H and O–H groups in total. The molecule has 0 bridgehead atoms. The Hall–Kier alpha value is -0.330. The lowest BCUT2D eigenvalue weighted by Crippen LogP contribution is -2.18. The van der Waals surface area contributed by atoms with Crippen molar-refractivity contribution in [3.63, 3.8) is 0 Å². The summed E-state index contributed by atoms with van der Waals surface area (Å²) in [5.41, 5.74) is 0. The van der Waals surface area contributed by atoms with Gasteiger partial charge in [0.05, 0.1) is 0 Å². The molecule has 0 aromatic rings. The van der Waals surface area contributed by atoms with Gasteiger partial charge >= 0.3 is 0 Å². The molecule has 0 saturated heterocycles. The first kappa shape index (κ1) is 8.28. The molecule has 4 atom stereocenters. The first-order valence-electron chi connectivity index (χ1n) is 5.26. The maximum atomic E-state index is 11.6. The van der Waals surface area contributed by atoms with E-state index in [1.54, 1.807) is 0 Å². The smallest absolute Gasteiger partial charge is 0.136 e. The fraction of sp³-hybridized carbons (Fsp3) is 0.909. The van der Waals surface area contributed by atoms with Crippen LogP contribution in [0.1, 0.15) is 39.5 Å². The van der Waals surface area contributed by atoms with E-state index in [-0.39, 0.29) is 0 Å². The molecule has 68 valence electrons. The van der Waals surface area contributed by atoms with Crippen LogP contribution >= 0.6 is 0 Å². The van der Waals surface area contributed by atoms with Crippen LogP contribution in [0.25, 0.3) is 0 Å². The molecule has 1 nitrogen and oxygen atoms in total. The summed E-state index contributed by atoms with van der Waals surface area (Å²) < 4.78 is 0. The Labute approximate surface area is 74.5 Å². The standard InChI is InChI=1S/C11H18O/c1-3-9-10(12)6-8-5-4-7(2)11(8)9/h7-9,11H,3-6H2,1-2H3. The van der Waals surface area contributed by atoms with E-state index in [0.29, 0.717) is 11.7 Å². The zero-order valence-corrected chi connectivity index (χ0v) is 8.05. The summed E-state index contributed by atoms with van der Waals surface area (Å²) in [5, 5.41) is 0. The van der Waals surface area contributed by atoms with Crippen molar-refractivity contribution in [2.75, 3.05) is 0 Å². The van der Waals surface area contributed by atoms with E-state index in [1.165, 1.54) is 12.8 Å². The summed E-state index contributed by atoms with van der Waals surface area (Å²) in [6.45, 7) is 4.49. The van der Waals surface area contributed by atoms with Crippen molar-refractivity contribution >= 4 is 5.78 Å². The van der Waals surface area contributed by atoms with Gasteiger partial charge in [0.2, 0.25) is 0 Å². The highest BCUT2D eigenvalue weighted by Gasteiger charge is 2.46. The lowest BCUT2D eigenvalue weighted by Gasteiger charge is -2.20. The highest BCUT2D eigenvalue weighted by Crippen LogP contribution is 2.49. The second kappa shape index (κ2) is 2.86. The number of ketones is 1. The molecular weight excluding hydrogens is 148 g/mol. The predicted octanol–water partition coefficient (Wildman–Crippen LogP) is 2.65. The third kappa shape index (κ3) is 1.02. The van der Waals surface area contributed by atoms with Crippen LogP contribution in [0.2, 0.25) is 0 Å². The molecule has 2 saturated carbocycles. The second-order valence-corrected chi connectivity index (χ2v) is 4.58. The van der Waals surface area contributed by atoms with Gasteiger partial charge in [-0.3, -0.25) is 4.79 Å². The van der Waals surface area contributed by atoms with Gasteiger partial charge in [0.25, 0.3) is 0 Å². The van der Waals surface area contributed by atoms with Crippen LogP contribution < -0.4 is 0 Å². The summed E-state index contributed by atoms with van der Waals surface area (Å²) in [4.78, 5) is 11.6. The number of Topliss-reactive ketones (excluding diaryl/α,β-unsaturated/α-hetero) is 1. The molecule has 0 aliphatic heterocycles. The van der Waals surface area contributed by atoms with Crippen molar-refractivity contribution < 1.29 is 4.79 Å². The lowest BCUT2D eigenvalue weighted by molar-refractivity contribution is -0.121. The molecule has 0 spiro atoms. The Morgan fingerprint density at radius 1 is 1.42 bits per heavy atom. The average molecular weight is 166 g/mol. The molecule has 1 heteroatoms. The second-order valence-electron chi connectivity index (χ2n) is 4.58. The Morgan fingerprint density at radius 3 is 2.83 bits per heavy atom. The average Bonchev–Trinajstić information content (AvgIpc) is 2.52. The van der Waals surface area contributed by atoms with E-state index in [9.17, 15) is 4.79 Å². The van der Waals surface area contributed by atoms with Crippen LogP contribution in [0.4, 0.5) is 0 Å². The molecule has 2 aliphatic rings. The Balaban J connectivity index is 2.18. The van der Waals surface area contributed by atoms with Crippen molar-refractivity contribution in [1.82, 2.24) is 0 Å². The fourth-order valence-corrected chi connectivity index (χ4v) is 3.41. The largest absolute Gasteiger partial charge is 0.299 e. The van der Waals surface area contributed by atoms with E-state index in [2.05, 4.69) is 13.8 Å². The zero-order valence-electron chi connectivity index (χ0n) is 8.05. The van der Waals surface area contributed by atoms with Crippen molar-refractivity contribution in [2.45, 2.75) is 39.5 Å². The van der Waals surface area contributed by atoms with Crippen molar-refractivity contribution in [3.8, 4) is 0 Å². The molecule has 0 amide bonds. The van der Waals surface area contributed by atoms with E-state index >= 15 is 0 Å². The quantitative estimate of drug-likeness (QED) is 0.585. The Bertz CT molecular complexity index is 197. The van der Waals surface area contributed by atoms with Crippen LogP contribution in [0.5, 0.6) is 0 Å². The SMILES string of the molecule is CCC1C(=O)CC2CCC(C)C21. The molecule has 0 radical (unpaired) electrons. The summed E-state index contributed by atoms with van der Waals surface area (Å²) in [6.07, 6.45) is 4.64. The van der Waals surface area contributed by atoms with E-state index in [0.717, 1.165) is 30.6 Å². The van der Waals surface area contributed by atoms with Gasteiger partial charge in [0, 0.05) is 12.3 Å². The predicted molar refractivity (Wildman–Crippen MR) is 48.8 cm³/mol. The van der Waals surface area contributed by atoms with Gasteiger partial charge in [0.1, 0.15) is 5.78 Å². The van der Waals surface area contributed by atoms with Gasteiger partial charge in [-0.25, -0.2) is 0 Å². The molecule has 2 rings (SSSR count). The third-order valence-electron chi connectivity index (χ3n) is 3.98. The summed E-state index contributed by atoms with van der Waals surface area (Å²) in [7, 11) is 0. The van der Waals surface area contributed by atoms with Crippen molar-refractivity contribution in [3.05, 3.63) is 0 Å². The number of hydrogen-bond donors (Lipinski definition) is 0. The molecule has 4 unspecified atom stereocenters. The van der Waals surface area contributed by atoms with Crippen LogP contribution in [0.3, 0.4) is 0 Å². The first-order valence-corrected chi connectivity index (χ1v) is 5.26. The minimum absolute atomic E-state index is 0.424. The maximum absolute atomic E-state index is 11.6. The highest BCUT2D eigenvalue weighted by atomic mass is 16.1. The van der Waals surface area contributed by atoms with Gasteiger partial charge in [-0.05, 0) is 30.6 Å². The Kier molecular flexibility index (Phi) is 1.97. The molecule has 12 heavy (non-hydrogen) atoms. The molecule has 0 aromatic carbocycles. The number of fused-ring (bicyclic) bond motifs is 1. The van der Waals surface area contributed by atoms with Crippen molar-refractivity contribution in [2.24, 2.45) is 23.7 Å². The number of carbonyl (C=O) groups is 1. The number of carbonyl (C=O) groups excluding carboxylic acids is 1. The minimum Gasteiger partial charge on any atom is -0.299 e. The van der Waals surface area contributed by atoms with Crippen LogP contribution in [0.15, 0.2) is 0 Å². The monoisotopic (exact) mass is 166 g/mol. The minimum atomic E-state index is 0.424. The van der Waals surface area contributed by atoms with Crippen LogP contribution in [-0.4, -0.2) is 5.78 Å². The Morgan fingerprint density at radius 2 is 2.17 bits per heavy atom. The maximum Gasteiger partial charge on any atom is 0.136 e. The van der Waals surface area contributed by atoms with E-state index < -0.39 is 0 Å². The summed E-state index contributed by atoms with van der Waals surface area (Å²) in [5.74, 6) is 3.30. The van der Waals surface area contributed by atoms with Crippen molar-refractivity contribution in [1.29, 1.82) is 0 Å². The van der Waals surface area contributed by atoms with E-state index in [4.69, 9.17) is 0 Å². The molecule has 0 aromatic heterocycles. The summed E-state index contributed by atoms with van der Waals surface area (Å²) >= 11 is 0. The molecule has 2 fully saturated rings. The normalized spacial score (nSPS) is 46.7. The topological polar surface area (TPSA) is 17.1 Å². The fourth-order valence-electron chi connectivity index (χ4n) is 3.41. The van der Waals surface area contributed by atoms with Gasteiger partial charge in [-0.1, -0.05) is 20.3 Å². The number of hydrogen-bond acceptors (Lipinski definition) is 1. The zero-order chi connectivity index (χ0) is 8.72. The van der Waals surface area contributed by atoms with E-state index in [1.807, 2.05) is 0 Å². The van der Waals surface area contributed by atoms with Gasteiger partial charge in [-0.15, -0.1) is 0 Å². The van der Waals surface area contributed by atoms with Crippen LogP contribution in [-0.2, 0) is 4.79 Å². The highest BCUT2D eigenvalue weighted by molar-refractivity contribution is 5.84. The lowest BCUT2D eigenvalue weighted by atomic mass is 9.84.